The molecule has 0 radical (unpaired) electrons. The number of ether oxygens (including phenoxy) is 2. The molecule has 158 valence electrons. The van der Waals surface area contributed by atoms with Crippen LogP contribution in [0.4, 0.5) is 0 Å². The summed E-state index contributed by atoms with van der Waals surface area (Å²) >= 11 is 0. The smallest absolute Gasteiger partial charge is 0.252 e. The lowest BCUT2D eigenvalue weighted by atomic mass is 9.93. The lowest BCUT2D eigenvalue weighted by molar-refractivity contribution is 0.0939. The summed E-state index contributed by atoms with van der Waals surface area (Å²) in [7, 11) is 3.37. The Kier molecular flexibility index (Phi) is 7.34. The number of carbonyl (C=O) groups is 1. The van der Waals surface area contributed by atoms with Crippen LogP contribution in [0, 0.1) is 13.8 Å². The number of hydrogen-bond acceptors (Lipinski definition) is 3. The van der Waals surface area contributed by atoms with Crippen molar-refractivity contribution in [1.82, 2.24) is 5.32 Å². The Morgan fingerprint density at radius 2 is 1.24 bits per heavy atom. The molecular formula is C25H35NO3. The van der Waals surface area contributed by atoms with Crippen LogP contribution in [0.15, 0.2) is 24.3 Å². The lowest BCUT2D eigenvalue weighted by Crippen LogP contribution is -2.28. The molecule has 2 aromatic carbocycles. The van der Waals surface area contributed by atoms with Gasteiger partial charge in [0.15, 0.2) is 0 Å². The van der Waals surface area contributed by atoms with E-state index in [1.807, 2.05) is 26.0 Å². The fraction of sp³-hybridized carbons (Fsp3) is 0.480. The van der Waals surface area contributed by atoms with Crippen LogP contribution in [0.1, 0.15) is 90.7 Å². The number of carbonyl (C=O) groups excluding carboxylic acids is 1. The van der Waals surface area contributed by atoms with Crippen LogP contribution in [0.3, 0.4) is 0 Å². The van der Waals surface area contributed by atoms with E-state index < -0.39 is 0 Å². The second-order valence-electron chi connectivity index (χ2n) is 8.36. The van der Waals surface area contributed by atoms with E-state index in [9.17, 15) is 4.79 Å². The fourth-order valence-electron chi connectivity index (χ4n) is 3.73. The Bertz CT molecular complexity index is 884. The summed E-state index contributed by atoms with van der Waals surface area (Å²) in [4.78, 5) is 13.1. The van der Waals surface area contributed by atoms with Crippen molar-refractivity contribution >= 4 is 5.91 Å². The van der Waals surface area contributed by atoms with E-state index >= 15 is 0 Å². The molecule has 0 saturated heterocycles. The van der Waals surface area contributed by atoms with Crippen molar-refractivity contribution in [2.75, 3.05) is 14.2 Å². The molecule has 0 aromatic heterocycles. The second-order valence-corrected chi connectivity index (χ2v) is 8.36. The van der Waals surface area contributed by atoms with Gasteiger partial charge in [-0.1, -0.05) is 27.7 Å². The summed E-state index contributed by atoms with van der Waals surface area (Å²) in [5.41, 5.74) is 6.00. The topological polar surface area (TPSA) is 47.6 Å². The molecule has 0 bridgehead atoms. The first-order valence-electron chi connectivity index (χ1n) is 10.3. The van der Waals surface area contributed by atoms with E-state index in [2.05, 4.69) is 52.1 Å². The molecule has 4 nitrogen and oxygen atoms in total. The highest BCUT2D eigenvalue weighted by atomic mass is 16.5. The minimum absolute atomic E-state index is 0.0686. The number of nitrogens with one attached hydrogen (secondary N) is 1. The molecule has 0 fully saturated rings. The molecule has 1 N–H and O–H groups in total. The molecule has 1 atom stereocenters. The summed E-state index contributed by atoms with van der Waals surface area (Å²) < 4.78 is 11.0. The van der Waals surface area contributed by atoms with E-state index in [-0.39, 0.29) is 17.9 Å². The molecule has 0 aliphatic heterocycles. The van der Waals surface area contributed by atoms with Gasteiger partial charge in [0.1, 0.15) is 11.5 Å². The molecule has 0 unspecified atom stereocenters. The summed E-state index contributed by atoms with van der Waals surface area (Å²) in [5.74, 6) is 2.26. The summed E-state index contributed by atoms with van der Waals surface area (Å²) in [6.07, 6.45) is 0. The molecule has 2 rings (SSSR count). The van der Waals surface area contributed by atoms with E-state index in [0.29, 0.717) is 11.5 Å². The molecule has 0 saturated carbocycles. The highest BCUT2D eigenvalue weighted by Crippen LogP contribution is 2.33. The SMILES string of the molecule is COc1cc(C)c(C(=O)N[C@@H](C)c2cc(C(C)C)c(OC)cc2C)cc1C(C)C. The second kappa shape index (κ2) is 9.34. The van der Waals surface area contributed by atoms with E-state index in [1.165, 1.54) is 0 Å². The van der Waals surface area contributed by atoms with Crippen molar-refractivity contribution in [1.29, 1.82) is 0 Å². The van der Waals surface area contributed by atoms with Crippen molar-refractivity contribution in [3.8, 4) is 11.5 Å². The highest BCUT2D eigenvalue weighted by Gasteiger charge is 2.20. The van der Waals surface area contributed by atoms with Crippen LogP contribution in [-0.4, -0.2) is 20.1 Å². The molecule has 4 heteroatoms. The maximum atomic E-state index is 13.1. The Labute approximate surface area is 175 Å². The number of benzene rings is 2. The molecule has 0 aliphatic rings. The minimum Gasteiger partial charge on any atom is -0.496 e. The van der Waals surface area contributed by atoms with Gasteiger partial charge in [-0.05, 0) is 84.7 Å². The van der Waals surface area contributed by atoms with Gasteiger partial charge in [-0.3, -0.25) is 4.79 Å². The number of rotatable bonds is 7. The molecule has 29 heavy (non-hydrogen) atoms. The summed E-state index contributed by atoms with van der Waals surface area (Å²) in [5, 5.41) is 3.18. The first-order chi connectivity index (χ1) is 13.6. The zero-order valence-corrected chi connectivity index (χ0v) is 19.3. The van der Waals surface area contributed by atoms with Crippen LogP contribution >= 0.6 is 0 Å². The Morgan fingerprint density at radius 3 is 1.72 bits per heavy atom. The van der Waals surface area contributed by atoms with Crippen molar-refractivity contribution in [3.05, 3.63) is 57.6 Å². The van der Waals surface area contributed by atoms with Gasteiger partial charge in [0, 0.05) is 5.56 Å². The standard InChI is InChI=1S/C25H35NO3/c1-14(2)19-12-21(16(5)10-23(19)28-8)18(7)26-25(27)22-13-20(15(3)4)24(29-9)11-17(22)6/h10-15,18H,1-9H3,(H,26,27)/t18-/m0/s1. The van der Waals surface area contributed by atoms with Gasteiger partial charge >= 0.3 is 0 Å². The number of amides is 1. The molecule has 0 spiro atoms. The maximum absolute atomic E-state index is 13.1. The zero-order valence-electron chi connectivity index (χ0n) is 19.3. The van der Waals surface area contributed by atoms with Gasteiger partial charge in [-0.25, -0.2) is 0 Å². The number of methoxy groups -OCH3 is 2. The quantitative estimate of drug-likeness (QED) is 0.618. The van der Waals surface area contributed by atoms with Crippen LogP contribution in [0.25, 0.3) is 0 Å². The van der Waals surface area contributed by atoms with Gasteiger partial charge in [0.05, 0.1) is 20.3 Å². The largest absolute Gasteiger partial charge is 0.496 e. The van der Waals surface area contributed by atoms with E-state index in [1.54, 1.807) is 14.2 Å². The molecule has 0 aliphatic carbocycles. The predicted octanol–water partition coefficient (Wildman–Crippen LogP) is 6.06. The van der Waals surface area contributed by atoms with Crippen LogP contribution in [0.5, 0.6) is 11.5 Å². The van der Waals surface area contributed by atoms with E-state index in [4.69, 9.17) is 9.47 Å². The fourth-order valence-corrected chi connectivity index (χ4v) is 3.73. The summed E-state index contributed by atoms with van der Waals surface area (Å²) in [6, 6.07) is 8.01. The third-order valence-electron chi connectivity index (χ3n) is 5.50. The van der Waals surface area contributed by atoms with Crippen LogP contribution in [-0.2, 0) is 0 Å². The van der Waals surface area contributed by atoms with Crippen LogP contribution in [0.2, 0.25) is 0 Å². The van der Waals surface area contributed by atoms with Gasteiger partial charge in [-0.2, -0.15) is 0 Å². The minimum atomic E-state index is -0.116. The van der Waals surface area contributed by atoms with Crippen molar-refractivity contribution in [2.24, 2.45) is 0 Å². The third kappa shape index (κ3) is 4.92. The van der Waals surface area contributed by atoms with Gasteiger partial charge in [0.25, 0.3) is 5.91 Å². The Morgan fingerprint density at radius 1 is 0.759 bits per heavy atom. The van der Waals surface area contributed by atoms with Gasteiger partial charge < -0.3 is 14.8 Å². The average molecular weight is 398 g/mol. The number of hydrogen-bond donors (Lipinski definition) is 1. The number of aryl methyl sites for hydroxylation is 2. The van der Waals surface area contributed by atoms with Crippen molar-refractivity contribution in [2.45, 2.75) is 66.3 Å². The maximum Gasteiger partial charge on any atom is 0.252 e. The molecular weight excluding hydrogens is 362 g/mol. The Balaban J connectivity index is 2.37. The first-order valence-corrected chi connectivity index (χ1v) is 10.3. The highest BCUT2D eigenvalue weighted by molar-refractivity contribution is 5.96. The molecule has 2 aromatic rings. The lowest BCUT2D eigenvalue weighted by Gasteiger charge is -2.22. The zero-order chi connectivity index (χ0) is 21.9. The molecule has 1 amide bonds. The van der Waals surface area contributed by atoms with Crippen molar-refractivity contribution in [3.63, 3.8) is 0 Å². The predicted molar refractivity (Wildman–Crippen MR) is 120 cm³/mol. The third-order valence-corrected chi connectivity index (χ3v) is 5.50. The van der Waals surface area contributed by atoms with E-state index in [0.717, 1.165) is 39.3 Å². The normalized spacial score (nSPS) is 12.2. The molecule has 0 heterocycles. The van der Waals surface area contributed by atoms with Gasteiger partial charge in [0.2, 0.25) is 0 Å². The van der Waals surface area contributed by atoms with Crippen LogP contribution < -0.4 is 14.8 Å². The Hall–Kier alpha value is -2.49. The average Bonchev–Trinajstić information content (AvgIpc) is 2.66. The monoisotopic (exact) mass is 397 g/mol. The van der Waals surface area contributed by atoms with Gasteiger partial charge in [-0.15, -0.1) is 0 Å². The summed E-state index contributed by atoms with van der Waals surface area (Å²) in [6.45, 7) is 14.5. The van der Waals surface area contributed by atoms with Crippen molar-refractivity contribution < 1.29 is 14.3 Å². The first kappa shape index (κ1) is 22.8.